The molecule has 12 heavy (non-hydrogen) atoms. The molecule has 2 rings (SSSR count). The van der Waals surface area contributed by atoms with E-state index < -0.39 is 0 Å². The van der Waals surface area contributed by atoms with Gasteiger partial charge in [0.15, 0.2) is 0 Å². The summed E-state index contributed by atoms with van der Waals surface area (Å²) in [6, 6.07) is 0. The van der Waals surface area contributed by atoms with Gasteiger partial charge in [-0.15, -0.1) is 0 Å². The van der Waals surface area contributed by atoms with Gasteiger partial charge in [0, 0.05) is 12.3 Å². The van der Waals surface area contributed by atoms with Crippen LogP contribution in [-0.4, -0.2) is 17.8 Å². The summed E-state index contributed by atoms with van der Waals surface area (Å²) < 4.78 is 5.60. The summed E-state index contributed by atoms with van der Waals surface area (Å²) in [5, 5.41) is 9.90. The Balaban J connectivity index is 2.16. The molecule has 0 spiro atoms. The third-order valence-electron chi connectivity index (χ3n) is 3.01. The Hall–Kier alpha value is -0.500. The number of hydrogen-bond donors (Lipinski definition) is 1. The van der Waals surface area contributed by atoms with Crippen LogP contribution in [0.1, 0.15) is 32.6 Å². The average Bonchev–Trinajstić information content (AvgIpc) is 2.53. The summed E-state index contributed by atoms with van der Waals surface area (Å²) in [6.45, 7) is 2.83. The molecule has 0 aromatic rings. The van der Waals surface area contributed by atoms with E-state index in [0.29, 0.717) is 5.92 Å². The molecule has 0 aromatic heterocycles. The standard InChI is InChI=1S/C10H16O2/c1-2-7-6-12-9-5-3-4-8(9)10(7)11/h7,10-11H,2-6H2,1H3. The molecular weight excluding hydrogens is 152 g/mol. The van der Waals surface area contributed by atoms with Crippen molar-refractivity contribution < 1.29 is 9.84 Å². The fourth-order valence-electron chi connectivity index (χ4n) is 2.14. The van der Waals surface area contributed by atoms with Crippen LogP contribution in [0, 0.1) is 5.92 Å². The van der Waals surface area contributed by atoms with Crippen molar-refractivity contribution in [2.75, 3.05) is 6.61 Å². The first-order valence-electron chi connectivity index (χ1n) is 4.85. The lowest BCUT2D eigenvalue weighted by molar-refractivity contribution is 0.0415. The fourth-order valence-corrected chi connectivity index (χ4v) is 2.14. The molecule has 2 unspecified atom stereocenters. The summed E-state index contributed by atoms with van der Waals surface area (Å²) >= 11 is 0. The first-order chi connectivity index (χ1) is 5.83. The van der Waals surface area contributed by atoms with E-state index >= 15 is 0 Å². The van der Waals surface area contributed by atoms with Gasteiger partial charge in [0.05, 0.1) is 18.5 Å². The molecule has 2 atom stereocenters. The highest BCUT2D eigenvalue weighted by molar-refractivity contribution is 5.21. The molecule has 0 saturated carbocycles. The van der Waals surface area contributed by atoms with Gasteiger partial charge in [0.1, 0.15) is 0 Å². The van der Waals surface area contributed by atoms with Crippen LogP contribution in [0.4, 0.5) is 0 Å². The van der Waals surface area contributed by atoms with E-state index in [1.54, 1.807) is 0 Å². The molecule has 1 aliphatic heterocycles. The zero-order valence-electron chi connectivity index (χ0n) is 7.55. The molecule has 1 N–H and O–H groups in total. The van der Waals surface area contributed by atoms with Crippen LogP contribution in [0.25, 0.3) is 0 Å². The third-order valence-corrected chi connectivity index (χ3v) is 3.01. The minimum Gasteiger partial charge on any atom is -0.497 e. The van der Waals surface area contributed by atoms with Crippen LogP contribution >= 0.6 is 0 Å². The number of aliphatic hydroxyl groups excluding tert-OH is 1. The van der Waals surface area contributed by atoms with Crippen molar-refractivity contribution in [3.05, 3.63) is 11.3 Å². The summed E-state index contributed by atoms with van der Waals surface area (Å²) in [5.41, 5.74) is 1.19. The first-order valence-corrected chi connectivity index (χ1v) is 4.85. The molecule has 1 aliphatic carbocycles. The van der Waals surface area contributed by atoms with E-state index in [1.807, 2.05) is 0 Å². The van der Waals surface area contributed by atoms with E-state index in [1.165, 1.54) is 5.57 Å². The minimum atomic E-state index is -0.207. The molecule has 0 radical (unpaired) electrons. The molecule has 0 saturated heterocycles. The Morgan fingerprint density at radius 3 is 3.08 bits per heavy atom. The van der Waals surface area contributed by atoms with Crippen LogP contribution in [0.15, 0.2) is 11.3 Å². The number of rotatable bonds is 1. The normalized spacial score (nSPS) is 34.8. The van der Waals surface area contributed by atoms with Crippen LogP contribution in [0.2, 0.25) is 0 Å². The maximum Gasteiger partial charge on any atom is 0.0977 e. The second kappa shape index (κ2) is 3.09. The van der Waals surface area contributed by atoms with E-state index in [2.05, 4.69) is 6.92 Å². The summed E-state index contributed by atoms with van der Waals surface area (Å²) in [7, 11) is 0. The van der Waals surface area contributed by atoms with Crippen LogP contribution in [-0.2, 0) is 4.74 Å². The molecule has 0 bridgehead atoms. The van der Waals surface area contributed by atoms with Gasteiger partial charge in [-0.3, -0.25) is 0 Å². The molecule has 0 fully saturated rings. The summed E-state index contributed by atoms with van der Waals surface area (Å²) in [6.07, 6.45) is 4.06. The van der Waals surface area contributed by atoms with E-state index in [9.17, 15) is 5.11 Å². The van der Waals surface area contributed by atoms with E-state index in [0.717, 1.165) is 38.0 Å². The van der Waals surface area contributed by atoms with Crippen molar-refractivity contribution in [1.29, 1.82) is 0 Å². The molecular formula is C10H16O2. The van der Waals surface area contributed by atoms with E-state index in [-0.39, 0.29) is 6.10 Å². The second-order valence-electron chi connectivity index (χ2n) is 3.73. The highest BCUT2D eigenvalue weighted by Gasteiger charge is 2.32. The monoisotopic (exact) mass is 168 g/mol. The molecule has 2 nitrogen and oxygen atoms in total. The Kier molecular flexibility index (Phi) is 2.09. The number of allylic oxidation sites excluding steroid dienone is 1. The van der Waals surface area contributed by atoms with Gasteiger partial charge in [0.2, 0.25) is 0 Å². The zero-order valence-corrected chi connectivity index (χ0v) is 7.55. The summed E-state index contributed by atoms with van der Waals surface area (Å²) in [4.78, 5) is 0. The molecule has 0 amide bonds. The molecule has 1 heterocycles. The molecule has 2 heteroatoms. The molecule has 2 aliphatic rings. The fraction of sp³-hybridized carbons (Fsp3) is 0.800. The topological polar surface area (TPSA) is 29.5 Å². The average molecular weight is 168 g/mol. The quantitative estimate of drug-likeness (QED) is 0.647. The van der Waals surface area contributed by atoms with Crippen molar-refractivity contribution in [3.63, 3.8) is 0 Å². The maximum atomic E-state index is 9.90. The van der Waals surface area contributed by atoms with Gasteiger partial charge in [-0.05, 0) is 24.8 Å². The van der Waals surface area contributed by atoms with Gasteiger partial charge in [-0.25, -0.2) is 0 Å². The predicted octanol–water partition coefficient (Wildman–Crippen LogP) is 1.84. The zero-order chi connectivity index (χ0) is 8.55. The lowest BCUT2D eigenvalue weighted by Gasteiger charge is -2.29. The molecule has 68 valence electrons. The predicted molar refractivity (Wildman–Crippen MR) is 46.6 cm³/mol. The van der Waals surface area contributed by atoms with Crippen molar-refractivity contribution >= 4 is 0 Å². The number of aliphatic hydroxyl groups is 1. The highest BCUT2D eigenvalue weighted by Crippen LogP contribution is 2.36. The van der Waals surface area contributed by atoms with Gasteiger partial charge >= 0.3 is 0 Å². The van der Waals surface area contributed by atoms with Crippen molar-refractivity contribution in [1.82, 2.24) is 0 Å². The lowest BCUT2D eigenvalue weighted by atomic mass is 9.92. The van der Waals surface area contributed by atoms with Crippen LogP contribution in [0.3, 0.4) is 0 Å². The second-order valence-corrected chi connectivity index (χ2v) is 3.73. The third kappa shape index (κ3) is 1.14. The van der Waals surface area contributed by atoms with Gasteiger partial charge < -0.3 is 9.84 Å². The Morgan fingerprint density at radius 2 is 2.33 bits per heavy atom. The smallest absolute Gasteiger partial charge is 0.0977 e. The highest BCUT2D eigenvalue weighted by atomic mass is 16.5. The minimum absolute atomic E-state index is 0.207. The Labute approximate surface area is 73.2 Å². The summed E-state index contributed by atoms with van der Waals surface area (Å²) in [5.74, 6) is 1.43. The first kappa shape index (κ1) is 8.11. The lowest BCUT2D eigenvalue weighted by Crippen LogP contribution is -2.30. The maximum absolute atomic E-state index is 9.90. The van der Waals surface area contributed by atoms with Crippen molar-refractivity contribution in [2.45, 2.75) is 38.7 Å². The van der Waals surface area contributed by atoms with Gasteiger partial charge in [-0.2, -0.15) is 0 Å². The van der Waals surface area contributed by atoms with Crippen molar-refractivity contribution in [2.24, 2.45) is 5.92 Å². The number of hydrogen-bond acceptors (Lipinski definition) is 2. The van der Waals surface area contributed by atoms with Crippen LogP contribution < -0.4 is 0 Å². The molecule has 0 aromatic carbocycles. The SMILES string of the molecule is CCC1COC2=C(CCC2)C1O. The van der Waals surface area contributed by atoms with Gasteiger partial charge in [0.25, 0.3) is 0 Å². The van der Waals surface area contributed by atoms with Crippen molar-refractivity contribution in [3.8, 4) is 0 Å². The Morgan fingerprint density at radius 1 is 1.50 bits per heavy atom. The largest absolute Gasteiger partial charge is 0.497 e. The van der Waals surface area contributed by atoms with Crippen LogP contribution in [0.5, 0.6) is 0 Å². The van der Waals surface area contributed by atoms with E-state index in [4.69, 9.17) is 4.74 Å². The number of ether oxygens (including phenoxy) is 1. The van der Waals surface area contributed by atoms with Gasteiger partial charge in [-0.1, -0.05) is 6.92 Å². The Bertz CT molecular complexity index is 208.